The van der Waals surface area contributed by atoms with E-state index in [0.29, 0.717) is 13.1 Å². The van der Waals surface area contributed by atoms with Crippen LogP contribution in [0, 0.1) is 0 Å². The summed E-state index contributed by atoms with van der Waals surface area (Å²) in [5.74, 6) is 1.91. The SMILES string of the molecule is CCNC(=NCc1ccnc(N2CCCCC2)c1)N(C)CC(=O)N(CC)CC. The van der Waals surface area contributed by atoms with E-state index in [1.54, 1.807) is 0 Å². The number of rotatable bonds is 8. The molecule has 156 valence electrons. The van der Waals surface area contributed by atoms with Gasteiger partial charge >= 0.3 is 0 Å². The summed E-state index contributed by atoms with van der Waals surface area (Å²) in [6.45, 7) is 11.3. The second kappa shape index (κ2) is 11.5. The van der Waals surface area contributed by atoms with Gasteiger partial charge in [0.2, 0.25) is 5.91 Å². The Morgan fingerprint density at radius 3 is 2.57 bits per heavy atom. The number of carbonyl (C=O) groups is 1. The first-order valence-corrected chi connectivity index (χ1v) is 10.6. The Labute approximate surface area is 169 Å². The Hall–Kier alpha value is -2.31. The highest BCUT2D eigenvalue weighted by Gasteiger charge is 2.15. The smallest absolute Gasteiger partial charge is 0.242 e. The van der Waals surface area contributed by atoms with E-state index >= 15 is 0 Å². The maximum absolute atomic E-state index is 12.4. The molecule has 0 atom stereocenters. The minimum atomic E-state index is 0.120. The molecule has 1 fully saturated rings. The Kier molecular flexibility index (Phi) is 9.04. The summed E-state index contributed by atoms with van der Waals surface area (Å²) in [6, 6.07) is 4.15. The summed E-state index contributed by atoms with van der Waals surface area (Å²) in [5.41, 5.74) is 1.13. The Bertz CT molecular complexity index is 638. The molecule has 1 saturated heterocycles. The standard InChI is InChI=1S/C21H36N6O/c1-5-22-21(25(4)17-20(28)26(6-2)7-3)24-16-18-11-12-23-19(15-18)27-13-9-8-10-14-27/h11-12,15H,5-10,13-14,16-17H2,1-4H3,(H,22,24). The van der Waals surface area contributed by atoms with Gasteiger partial charge in [-0.25, -0.2) is 9.98 Å². The lowest BCUT2D eigenvalue weighted by atomic mass is 10.1. The Balaban J connectivity index is 2.04. The van der Waals surface area contributed by atoms with E-state index in [2.05, 4.69) is 21.3 Å². The van der Waals surface area contributed by atoms with E-state index in [0.717, 1.165) is 50.1 Å². The fourth-order valence-electron chi connectivity index (χ4n) is 3.44. The molecule has 1 aromatic heterocycles. The number of pyridine rings is 1. The molecule has 2 rings (SSSR count). The summed E-state index contributed by atoms with van der Waals surface area (Å²) in [7, 11) is 1.91. The minimum Gasteiger partial charge on any atom is -0.357 e. The van der Waals surface area contributed by atoms with Gasteiger partial charge in [-0.3, -0.25) is 4.79 Å². The van der Waals surface area contributed by atoms with Crippen molar-refractivity contribution in [3.63, 3.8) is 0 Å². The molecule has 1 aliphatic rings. The third kappa shape index (κ3) is 6.39. The minimum absolute atomic E-state index is 0.120. The molecule has 0 radical (unpaired) electrons. The second-order valence-electron chi connectivity index (χ2n) is 7.16. The van der Waals surface area contributed by atoms with Crippen molar-refractivity contribution in [3.8, 4) is 0 Å². The Morgan fingerprint density at radius 1 is 1.21 bits per heavy atom. The zero-order valence-corrected chi connectivity index (χ0v) is 17.9. The average molecular weight is 389 g/mol. The predicted octanol–water partition coefficient (Wildman–Crippen LogP) is 2.34. The van der Waals surface area contributed by atoms with Crippen LogP contribution in [0.1, 0.15) is 45.6 Å². The zero-order valence-electron chi connectivity index (χ0n) is 17.9. The van der Waals surface area contributed by atoms with Crippen LogP contribution < -0.4 is 10.2 Å². The topological polar surface area (TPSA) is 64.1 Å². The molecule has 1 aliphatic heterocycles. The van der Waals surface area contributed by atoms with Crippen LogP contribution in [0.15, 0.2) is 23.3 Å². The maximum atomic E-state index is 12.4. The van der Waals surface area contributed by atoms with Crippen molar-refractivity contribution in [2.45, 2.75) is 46.6 Å². The molecule has 0 saturated carbocycles. The van der Waals surface area contributed by atoms with Crippen molar-refractivity contribution in [1.82, 2.24) is 20.1 Å². The summed E-state index contributed by atoms with van der Waals surface area (Å²) >= 11 is 0. The summed E-state index contributed by atoms with van der Waals surface area (Å²) in [5, 5.41) is 3.29. The molecule has 7 nitrogen and oxygen atoms in total. The monoisotopic (exact) mass is 388 g/mol. The van der Waals surface area contributed by atoms with Crippen molar-refractivity contribution in [1.29, 1.82) is 0 Å². The third-order valence-corrected chi connectivity index (χ3v) is 5.09. The van der Waals surface area contributed by atoms with Crippen LogP contribution in [0.4, 0.5) is 5.82 Å². The fourth-order valence-corrected chi connectivity index (χ4v) is 3.44. The Morgan fingerprint density at radius 2 is 1.93 bits per heavy atom. The van der Waals surface area contributed by atoms with Crippen molar-refractivity contribution in [2.75, 3.05) is 51.2 Å². The molecule has 1 N–H and O–H groups in total. The van der Waals surface area contributed by atoms with Gasteiger partial charge in [-0.15, -0.1) is 0 Å². The number of aromatic nitrogens is 1. The molecule has 2 heterocycles. The molecular weight excluding hydrogens is 352 g/mol. The van der Waals surface area contributed by atoms with Gasteiger partial charge in [0.1, 0.15) is 5.82 Å². The number of nitrogens with one attached hydrogen (secondary N) is 1. The van der Waals surface area contributed by atoms with Crippen LogP contribution >= 0.6 is 0 Å². The summed E-state index contributed by atoms with van der Waals surface area (Å²) < 4.78 is 0. The number of guanidine groups is 1. The third-order valence-electron chi connectivity index (χ3n) is 5.09. The van der Waals surface area contributed by atoms with Gasteiger partial charge in [-0.2, -0.15) is 0 Å². The molecule has 1 amide bonds. The van der Waals surface area contributed by atoms with Gasteiger partial charge in [-0.05, 0) is 57.7 Å². The molecular formula is C21H36N6O. The van der Waals surface area contributed by atoms with Gasteiger partial charge in [0.15, 0.2) is 5.96 Å². The maximum Gasteiger partial charge on any atom is 0.242 e. The van der Waals surface area contributed by atoms with Crippen molar-refractivity contribution >= 4 is 17.7 Å². The number of anilines is 1. The normalized spacial score (nSPS) is 14.7. The van der Waals surface area contributed by atoms with E-state index in [4.69, 9.17) is 4.99 Å². The van der Waals surface area contributed by atoms with Gasteiger partial charge in [0.05, 0.1) is 13.1 Å². The zero-order chi connectivity index (χ0) is 20.4. The highest BCUT2D eigenvalue weighted by molar-refractivity contribution is 5.86. The van der Waals surface area contributed by atoms with E-state index < -0.39 is 0 Å². The molecule has 7 heteroatoms. The molecule has 0 spiro atoms. The van der Waals surface area contributed by atoms with Gasteiger partial charge in [0.25, 0.3) is 0 Å². The summed E-state index contributed by atoms with van der Waals surface area (Å²) in [4.78, 5) is 27.8. The number of aliphatic imine (C=N–C) groups is 1. The predicted molar refractivity (Wildman–Crippen MR) is 116 cm³/mol. The van der Waals surface area contributed by atoms with Crippen molar-refractivity contribution < 1.29 is 4.79 Å². The summed E-state index contributed by atoms with van der Waals surface area (Å²) in [6.07, 6.45) is 5.65. The van der Waals surface area contributed by atoms with Crippen LogP contribution in [0.2, 0.25) is 0 Å². The number of hydrogen-bond acceptors (Lipinski definition) is 4. The molecule has 0 aromatic carbocycles. The number of piperidine rings is 1. The lowest BCUT2D eigenvalue weighted by Gasteiger charge is -2.28. The highest BCUT2D eigenvalue weighted by Crippen LogP contribution is 2.18. The molecule has 1 aromatic rings. The van der Waals surface area contributed by atoms with E-state index in [1.807, 2.05) is 49.9 Å². The number of amides is 1. The number of nitrogens with zero attached hydrogens (tertiary/aromatic N) is 5. The van der Waals surface area contributed by atoms with Gasteiger partial charge in [0, 0.05) is 46.0 Å². The lowest BCUT2D eigenvalue weighted by molar-refractivity contribution is -0.131. The first-order chi connectivity index (χ1) is 13.6. The van der Waals surface area contributed by atoms with Crippen molar-refractivity contribution in [2.24, 2.45) is 4.99 Å². The second-order valence-corrected chi connectivity index (χ2v) is 7.16. The fraction of sp³-hybridized carbons (Fsp3) is 0.667. The largest absolute Gasteiger partial charge is 0.357 e. The van der Waals surface area contributed by atoms with Crippen LogP contribution in [0.3, 0.4) is 0 Å². The molecule has 0 bridgehead atoms. The molecule has 0 aliphatic carbocycles. The quantitative estimate of drug-likeness (QED) is 0.547. The van der Waals surface area contributed by atoms with Gasteiger partial charge in [-0.1, -0.05) is 0 Å². The average Bonchev–Trinajstić information content (AvgIpc) is 2.72. The molecule has 0 unspecified atom stereocenters. The number of carbonyl (C=O) groups excluding carboxylic acids is 1. The number of likely N-dealkylation sites (N-methyl/N-ethyl adjacent to an activating group) is 2. The molecule has 28 heavy (non-hydrogen) atoms. The van der Waals surface area contributed by atoms with E-state index in [1.165, 1.54) is 19.3 Å². The lowest BCUT2D eigenvalue weighted by Crippen LogP contribution is -2.45. The van der Waals surface area contributed by atoms with Crippen LogP contribution in [-0.4, -0.2) is 73.0 Å². The van der Waals surface area contributed by atoms with E-state index in [-0.39, 0.29) is 5.91 Å². The first-order valence-electron chi connectivity index (χ1n) is 10.6. The van der Waals surface area contributed by atoms with Gasteiger partial charge < -0.3 is 20.0 Å². The first kappa shape index (κ1) is 22.0. The van der Waals surface area contributed by atoms with Crippen molar-refractivity contribution in [3.05, 3.63) is 23.9 Å². The highest BCUT2D eigenvalue weighted by atomic mass is 16.2. The van der Waals surface area contributed by atoms with Crippen LogP contribution in [-0.2, 0) is 11.3 Å². The van der Waals surface area contributed by atoms with Crippen LogP contribution in [0.25, 0.3) is 0 Å². The van der Waals surface area contributed by atoms with Crippen LogP contribution in [0.5, 0.6) is 0 Å². The van der Waals surface area contributed by atoms with E-state index in [9.17, 15) is 4.79 Å². The number of hydrogen-bond donors (Lipinski definition) is 1.